The van der Waals surface area contributed by atoms with Crippen LogP contribution in [0.4, 0.5) is 18.0 Å². The zero-order valence-corrected chi connectivity index (χ0v) is 15.1. The Morgan fingerprint density at radius 1 is 1.08 bits per heavy atom. The molecule has 1 aromatic carbocycles. The Hall–Kier alpha value is -2.25. The van der Waals surface area contributed by atoms with Crippen molar-refractivity contribution in [2.75, 3.05) is 7.11 Å². The van der Waals surface area contributed by atoms with E-state index in [4.69, 9.17) is 9.47 Å². The molecule has 0 saturated carbocycles. The van der Waals surface area contributed by atoms with E-state index in [1.54, 1.807) is 20.8 Å². The van der Waals surface area contributed by atoms with Gasteiger partial charge in [0.1, 0.15) is 11.6 Å². The summed E-state index contributed by atoms with van der Waals surface area (Å²) < 4.78 is 48.4. The molecule has 1 aromatic rings. The Kier molecular flexibility index (Phi) is 5.53. The summed E-state index contributed by atoms with van der Waals surface area (Å²) >= 11 is 0. The highest BCUT2D eigenvalue weighted by atomic mass is 19.4. The van der Waals surface area contributed by atoms with Crippen LogP contribution >= 0.6 is 0 Å². The first-order valence-electron chi connectivity index (χ1n) is 8.20. The molecule has 0 radical (unpaired) electrons. The minimum atomic E-state index is -4.44. The van der Waals surface area contributed by atoms with Gasteiger partial charge in [-0.15, -0.1) is 0 Å². The van der Waals surface area contributed by atoms with Gasteiger partial charge in [-0.3, -0.25) is 4.90 Å². The molecule has 0 spiro atoms. The molecule has 0 aliphatic carbocycles. The second-order valence-electron chi connectivity index (χ2n) is 7.14. The zero-order valence-electron chi connectivity index (χ0n) is 15.1. The van der Waals surface area contributed by atoms with Gasteiger partial charge < -0.3 is 9.47 Å². The third-order valence-corrected chi connectivity index (χ3v) is 4.09. The summed E-state index contributed by atoms with van der Waals surface area (Å²) in [6.07, 6.45) is -4.37. The lowest BCUT2D eigenvalue weighted by Gasteiger charge is -2.31. The van der Waals surface area contributed by atoms with Crippen LogP contribution in [0.3, 0.4) is 0 Å². The van der Waals surface area contributed by atoms with Gasteiger partial charge in [-0.2, -0.15) is 13.2 Å². The van der Waals surface area contributed by atoms with Gasteiger partial charge in [0.15, 0.2) is 0 Å². The van der Waals surface area contributed by atoms with E-state index in [0.717, 1.165) is 12.1 Å². The maximum Gasteiger partial charge on any atom is 0.416 e. The first-order valence-corrected chi connectivity index (χ1v) is 8.20. The van der Waals surface area contributed by atoms with E-state index >= 15 is 0 Å². The van der Waals surface area contributed by atoms with Gasteiger partial charge >= 0.3 is 18.2 Å². The molecular weight excluding hydrogens is 351 g/mol. The van der Waals surface area contributed by atoms with Crippen molar-refractivity contribution in [3.05, 3.63) is 35.4 Å². The zero-order chi connectivity index (χ0) is 19.7. The van der Waals surface area contributed by atoms with E-state index in [0.29, 0.717) is 18.4 Å². The van der Waals surface area contributed by atoms with Gasteiger partial charge in [0, 0.05) is 0 Å². The molecule has 8 heteroatoms. The second-order valence-corrected chi connectivity index (χ2v) is 7.14. The molecule has 1 aliphatic heterocycles. The molecule has 1 heterocycles. The maximum atomic E-state index is 12.8. The fourth-order valence-corrected chi connectivity index (χ4v) is 2.97. The summed E-state index contributed by atoms with van der Waals surface area (Å²) in [6.45, 7) is 5.09. The van der Waals surface area contributed by atoms with Crippen molar-refractivity contribution in [3.63, 3.8) is 0 Å². The number of likely N-dealkylation sites (tertiary alicyclic amines) is 1. The number of rotatable bonds is 2. The van der Waals surface area contributed by atoms with Gasteiger partial charge in [-0.05, 0) is 51.3 Å². The van der Waals surface area contributed by atoms with Gasteiger partial charge in [-0.25, -0.2) is 9.59 Å². The van der Waals surface area contributed by atoms with E-state index in [1.165, 1.54) is 24.1 Å². The van der Waals surface area contributed by atoms with Crippen molar-refractivity contribution in [1.82, 2.24) is 4.90 Å². The summed E-state index contributed by atoms with van der Waals surface area (Å²) in [7, 11) is 1.22. The van der Waals surface area contributed by atoms with E-state index < -0.39 is 41.5 Å². The van der Waals surface area contributed by atoms with E-state index in [1.807, 2.05) is 0 Å². The topological polar surface area (TPSA) is 55.8 Å². The fourth-order valence-electron chi connectivity index (χ4n) is 2.97. The highest BCUT2D eigenvalue weighted by Gasteiger charge is 2.44. The van der Waals surface area contributed by atoms with Gasteiger partial charge in [0.25, 0.3) is 0 Å². The number of methoxy groups -OCH3 is 1. The Labute approximate surface area is 150 Å². The molecular formula is C18H22F3NO4. The van der Waals surface area contributed by atoms with Crippen molar-refractivity contribution < 1.29 is 32.2 Å². The average Bonchev–Trinajstić information content (AvgIpc) is 2.97. The lowest BCUT2D eigenvalue weighted by Crippen LogP contribution is -2.44. The monoisotopic (exact) mass is 373 g/mol. The number of halogens is 3. The van der Waals surface area contributed by atoms with Crippen LogP contribution in [0.1, 0.15) is 50.8 Å². The number of hydrogen-bond acceptors (Lipinski definition) is 4. The van der Waals surface area contributed by atoms with E-state index in [9.17, 15) is 22.8 Å². The Morgan fingerprint density at radius 3 is 2.12 bits per heavy atom. The summed E-state index contributed by atoms with van der Waals surface area (Å²) in [5, 5.41) is 0. The predicted molar refractivity (Wildman–Crippen MR) is 87.3 cm³/mol. The van der Waals surface area contributed by atoms with Crippen LogP contribution in [0.15, 0.2) is 24.3 Å². The van der Waals surface area contributed by atoms with Gasteiger partial charge in [0.2, 0.25) is 0 Å². The van der Waals surface area contributed by atoms with E-state index in [-0.39, 0.29) is 0 Å². The number of esters is 1. The van der Waals surface area contributed by atoms with E-state index in [2.05, 4.69) is 0 Å². The van der Waals surface area contributed by atoms with Crippen molar-refractivity contribution in [3.8, 4) is 0 Å². The van der Waals surface area contributed by atoms with Crippen LogP contribution in [0.25, 0.3) is 0 Å². The summed E-state index contributed by atoms with van der Waals surface area (Å²) in [5.41, 5.74) is -1.03. The molecule has 1 fully saturated rings. The molecule has 0 bridgehead atoms. The second kappa shape index (κ2) is 7.17. The molecule has 144 valence electrons. The minimum absolute atomic E-state index is 0.345. The molecule has 5 nitrogen and oxygen atoms in total. The molecule has 0 aromatic heterocycles. The van der Waals surface area contributed by atoms with Crippen LogP contribution in [0, 0.1) is 0 Å². The number of carbonyl (C=O) groups is 2. The molecule has 1 saturated heterocycles. The molecule has 2 atom stereocenters. The number of hydrogen-bond donors (Lipinski definition) is 0. The SMILES string of the molecule is COC(=O)[C@@H]1CC[C@@H](c2ccc(C(F)(F)F)cc2)N1C(=O)OC(C)(C)C. The third-order valence-electron chi connectivity index (χ3n) is 4.09. The number of alkyl halides is 3. The standard InChI is InChI=1S/C18H22F3NO4/c1-17(2,3)26-16(24)22-13(9-10-14(22)15(23)25-4)11-5-7-12(8-6-11)18(19,20)21/h5-8,13-14H,9-10H2,1-4H3/t13-,14-/m0/s1. The minimum Gasteiger partial charge on any atom is -0.467 e. The summed E-state index contributed by atoms with van der Waals surface area (Å²) in [4.78, 5) is 25.9. The lowest BCUT2D eigenvalue weighted by molar-refractivity contribution is -0.146. The fraction of sp³-hybridized carbons (Fsp3) is 0.556. The highest BCUT2D eigenvalue weighted by Crippen LogP contribution is 2.39. The third kappa shape index (κ3) is 4.47. The van der Waals surface area contributed by atoms with Crippen LogP contribution in [0.2, 0.25) is 0 Å². The van der Waals surface area contributed by atoms with Crippen molar-refractivity contribution in [2.24, 2.45) is 0 Å². The van der Waals surface area contributed by atoms with Gasteiger partial charge in [0.05, 0.1) is 18.7 Å². The van der Waals surface area contributed by atoms with Crippen molar-refractivity contribution in [1.29, 1.82) is 0 Å². The highest BCUT2D eigenvalue weighted by molar-refractivity contribution is 5.82. The number of amides is 1. The molecule has 1 amide bonds. The largest absolute Gasteiger partial charge is 0.467 e. The summed E-state index contributed by atoms with van der Waals surface area (Å²) in [6, 6.07) is 3.19. The number of ether oxygens (including phenoxy) is 2. The number of carbonyl (C=O) groups excluding carboxylic acids is 2. The average molecular weight is 373 g/mol. The van der Waals surface area contributed by atoms with Crippen LogP contribution in [-0.4, -0.2) is 35.7 Å². The quantitative estimate of drug-likeness (QED) is 0.725. The first kappa shape index (κ1) is 20.1. The van der Waals surface area contributed by atoms with Crippen LogP contribution in [-0.2, 0) is 20.4 Å². The lowest BCUT2D eigenvalue weighted by atomic mass is 10.0. The van der Waals surface area contributed by atoms with Crippen molar-refractivity contribution in [2.45, 2.75) is 57.5 Å². The Balaban J connectivity index is 2.33. The summed E-state index contributed by atoms with van der Waals surface area (Å²) in [5.74, 6) is -0.578. The molecule has 2 rings (SSSR count). The number of nitrogens with zero attached hydrogens (tertiary/aromatic N) is 1. The van der Waals surface area contributed by atoms with Crippen molar-refractivity contribution >= 4 is 12.1 Å². The predicted octanol–water partition coefficient (Wildman–Crippen LogP) is 4.32. The van der Waals surface area contributed by atoms with Crippen LogP contribution < -0.4 is 0 Å². The first-order chi connectivity index (χ1) is 11.9. The van der Waals surface area contributed by atoms with Crippen LogP contribution in [0.5, 0.6) is 0 Å². The molecule has 1 aliphatic rings. The molecule has 0 unspecified atom stereocenters. The molecule has 26 heavy (non-hydrogen) atoms. The van der Waals surface area contributed by atoms with Gasteiger partial charge in [-0.1, -0.05) is 12.1 Å². The molecule has 0 N–H and O–H groups in total. The maximum absolute atomic E-state index is 12.8. The Bertz CT molecular complexity index is 664. The smallest absolute Gasteiger partial charge is 0.416 e. The number of benzene rings is 1. The normalized spacial score (nSPS) is 20.8. The Morgan fingerprint density at radius 2 is 1.65 bits per heavy atom.